The van der Waals surface area contributed by atoms with Gasteiger partial charge < -0.3 is 15.0 Å². The number of ether oxygens (including phenoxy) is 1. The van der Waals surface area contributed by atoms with Crippen LogP contribution < -0.4 is 5.32 Å². The molecule has 1 fully saturated rings. The van der Waals surface area contributed by atoms with Crippen LogP contribution in [-0.4, -0.2) is 30.6 Å². The number of H-pyrrole nitrogens is 1. The lowest BCUT2D eigenvalue weighted by Gasteiger charge is -2.21. The molecule has 2 aromatic rings. The van der Waals surface area contributed by atoms with Crippen LogP contribution in [0.5, 0.6) is 0 Å². The average molecular weight is 343 g/mol. The largest absolute Gasteiger partial charge is 0.381 e. The Kier molecular flexibility index (Phi) is 3.91. The van der Waals surface area contributed by atoms with E-state index < -0.39 is 0 Å². The Labute approximate surface area is 123 Å². The van der Waals surface area contributed by atoms with E-state index in [1.54, 1.807) is 11.3 Å². The van der Waals surface area contributed by atoms with Gasteiger partial charge in [-0.2, -0.15) is 0 Å². The second-order valence-corrected chi connectivity index (χ2v) is 7.24. The SMILES string of the molecule is O=C(NC[C@@H]1CCCOC1)c1cc2cc(Br)sc2[nH]1. The molecular formula is C13H15BrN2O2S. The molecule has 4 nitrogen and oxygen atoms in total. The molecule has 0 aromatic carbocycles. The number of carbonyl (C=O) groups excluding carboxylic acids is 1. The summed E-state index contributed by atoms with van der Waals surface area (Å²) < 4.78 is 6.48. The Hall–Kier alpha value is -0.850. The second kappa shape index (κ2) is 5.64. The Balaban J connectivity index is 1.61. The van der Waals surface area contributed by atoms with E-state index in [1.807, 2.05) is 12.1 Å². The molecule has 1 aliphatic rings. The summed E-state index contributed by atoms with van der Waals surface area (Å²) in [4.78, 5) is 16.2. The summed E-state index contributed by atoms with van der Waals surface area (Å²) in [6.07, 6.45) is 2.22. The molecular weight excluding hydrogens is 328 g/mol. The van der Waals surface area contributed by atoms with Crippen LogP contribution >= 0.6 is 27.3 Å². The monoisotopic (exact) mass is 342 g/mol. The highest BCUT2D eigenvalue weighted by Crippen LogP contribution is 2.29. The van der Waals surface area contributed by atoms with Crippen molar-refractivity contribution < 1.29 is 9.53 Å². The highest BCUT2D eigenvalue weighted by atomic mass is 79.9. The lowest BCUT2D eigenvalue weighted by atomic mass is 10.0. The molecule has 0 aliphatic carbocycles. The normalized spacial score (nSPS) is 19.7. The summed E-state index contributed by atoms with van der Waals surface area (Å²) in [5.41, 5.74) is 0.630. The van der Waals surface area contributed by atoms with Crippen molar-refractivity contribution in [3.05, 3.63) is 21.6 Å². The molecule has 3 rings (SSSR count). The van der Waals surface area contributed by atoms with Crippen LogP contribution in [0.1, 0.15) is 23.3 Å². The molecule has 6 heteroatoms. The Bertz CT molecular complexity index is 555. The number of aromatic nitrogens is 1. The fourth-order valence-electron chi connectivity index (χ4n) is 2.32. The number of amides is 1. The van der Waals surface area contributed by atoms with Gasteiger partial charge in [0.15, 0.2) is 0 Å². The Morgan fingerprint density at radius 3 is 3.21 bits per heavy atom. The molecule has 2 N–H and O–H groups in total. The number of rotatable bonds is 3. The van der Waals surface area contributed by atoms with Crippen molar-refractivity contribution in [1.29, 1.82) is 0 Å². The van der Waals surface area contributed by atoms with Gasteiger partial charge in [-0.1, -0.05) is 0 Å². The molecule has 0 spiro atoms. The minimum Gasteiger partial charge on any atom is -0.381 e. The first-order chi connectivity index (χ1) is 9.22. The fraction of sp³-hybridized carbons (Fsp3) is 0.462. The molecule has 2 aromatic heterocycles. The van der Waals surface area contributed by atoms with E-state index in [-0.39, 0.29) is 5.91 Å². The van der Waals surface area contributed by atoms with E-state index in [9.17, 15) is 4.79 Å². The van der Waals surface area contributed by atoms with Crippen LogP contribution in [0.15, 0.2) is 15.9 Å². The molecule has 102 valence electrons. The third-order valence-electron chi connectivity index (χ3n) is 3.33. The summed E-state index contributed by atoms with van der Waals surface area (Å²) in [5.74, 6) is 0.410. The van der Waals surface area contributed by atoms with Gasteiger partial charge in [-0.05, 0) is 46.8 Å². The van der Waals surface area contributed by atoms with Crippen LogP contribution in [0.4, 0.5) is 0 Å². The number of hydrogen-bond acceptors (Lipinski definition) is 3. The summed E-state index contributed by atoms with van der Waals surface area (Å²) in [5, 5.41) is 4.05. The Morgan fingerprint density at radius 2 is 2.47 bits per heavy atom. The van der Waals surface area contributed by atoms with Gasteiger partial charge in [-0.25, -0.2) is 0 Å². The summed E-state index contributed by atoms with van der Waals surface area (Å²) >= 11 is 5.03. The van der Waals surface area contributed by atoms with Crippen LogP contribution in [0.2, 0.25) is 0 Å². The molecule has 1 atom stereocenters. The average Bonchev–Trinajstić information content (AvgIpc) is 2.94. The highest BCUT2D eigenvalue weighted by Gasteiger charge is 2.16. The first-order valence-electron chi connectivity index (χ1n) is 6.36. The van der Waals surface area contributed by atoms with Crippen molar-refractivity contribution in [2.45, 2.75) is 12.8 Å². The van der Waals surface area contributed by atoms with Crippen molar-refractivity contribution in [2.75, 3.05) is 19.8 Å². The predicted octanol–water partition coefficient (Wildman–Crippen LogP) is 3.15. The maximum absolute atomic E-state index is 12.0. The minimum absolute atomic E-state index is 0.0369. The first kappa shape index (κ1) is 13.1. The minimum atomic E-state index is -0.0369. The van der Waals surface area contributed by atoms with E-state index in [1.165, 1.54) is 0 Å². The van der Waals surface area contributed by atoms with Crippen molar-refractivity contribution >= 4 is 43.4 Å². The van der Waals surface area contributed by atoms with Gasteiger partial charge >= 0.3 is 0 Å². The number of hydrogen-bond donors (Lipinski definition) is 2. The molecule has 0 radical (unpaired) electrons. The van der Waals surface area contributed by atoms with Gasteiger partial charge in [-0.15, -0.1) is 11.3 Å². The third-order valence-corrected chi connectivity index (χ3v) is 4.90. The first-order valence-corrected chi connectivity index (χ1v) is 7.97. The molecule has 3 heterocycles. The van der Waals surface area contributed by atoms with E-state index in [0.29, 0.717) is 18.2 Å². The predicted molar refractivity (Wildman–Crippen MR) is 79.8 cm³/mol. The molecule has 0 bridgehead atoms. The summed E-state index contributed by atoms with van der Waals surface area (Å²) in [6.45, 7) is 2.30. The van der Waals surface area contributed by atoms with Crippen LogP contribution in [-0.2, 0) is 4.74 Å². The number of thiophene rings is 1. The number of carbonyl (C=O) groups is 1. The van der Waals surface area contributed by atoms with Crippen LogP contribution in [0.25, 0.3) is 10.2 Å². The molecule has 0 saturated carbocycles. The summed E-state index contributed by atoms with van der Waals surface area (Å²) in [7, 11) is 0. The smallest absolute Gasteiger partial charge is 0.267 e. The van der Waals surface area contributed by atoms with Crippen molar-refractivity contribution in [2.24, 2.45) is 5.92 Å². The third kappa shape index (κ3) is 3.01. The molecule has 1 amide bonds. The second-order valence-electron chi connectivity index (χ2n) is 4.81. The zero-order valence-electron chi connectivity index (χ0n) is 10.4. The quantitative estimate of drug-likeness (QED) is 0.900. The number of fused-ring (bicyclic) bond motifs is 1. The van der Waals surface area contributed by atoms with Gasteiger partial charge in [0.05, 0.1) is 10.4 Å². The van der Waals surface area contributed by atoms with Crippen LogP contribution in [0.3, 0.4) is 0 Å². The molecule has 1 saturated heterocycles. The van der Waals surface area contributed by atoms with Crippen molar-refractivity contribution in [3.63, 3.8) is 0 Å². The fourth-order valence-corrected chi connectivity index (χ4v) is 3.83. The lowest BCUT2D eigenvalue weighted by molar-refractivity contribution is 0.0536. The molecule has 1 aliphatic heterocycles. The zero-order chi connectivity index (χ0) is 13.2. The lowest BCUT2D eigenvalue weighted by Crippen LogP contribution is -2.33. The van der Waals surface area contributed by atoms with E-state index in [0.717, 1.165) is 40.1 Å². The van der Waals surface area contributed by atoms with Gasteiger partial charge in [0.25, 0.3) is 5.91 Å². The molecule has 19 heavy (non-hydrogen) atoms. The van der Waals surface area contributed by atoms with E-state index in [2.05, 4.69) is 26.2 Å². The van der Waals surface area contributed by atoms with Gasteiger partial charge in [0.1, 0.15) is 10.5 Å². The van der Waals surface area contributed by atoms with Crippen molar-refractivity contribution in [3.8, 4) is 0 Å². The van der Waals surface area contributed by atoms with Gasteiger partial charge in [-0.3, -0.25) is 4.79 Å². The Morgan fingerprint density at radius 1 is 1.58 bits per heavy atom. The van der Waals surface area contributed by atoms with E-state index in [4.69, 9.17) is 4.74 Å². The topological polar surface area (TPSA) is 54.1 Å². The maximum atomic E-state index is 12.0. The van der Waals surface area contributed by atoms with Gasteiger partial charge in [0.2, 0.25) is 0 Å². The van der Waals surface area contributed by atoms with Crippen LogP contribution in [0, 0.1) is 5.92 Å². The maximum Gasteiger partial charge on any atom is 0.267 e. The standard InChI is InChI=1S/C13H15BrN2O2S/c14-11-5-9-4-10(16-13(9)19-11)12(17)15-6-8-2-1-3-18-7-8/h4-5,8,16H,1-3,6-7H2,(H,15,17)/t8-/m0/s1. The highest BCUT2D eigenvalue weighted by molar-refractivity contribution is 9.11. The summed E-state index contributed by atoms with van der Waals surface area (Å²) in [6, 6.07) is 3.91. The number of aromatic amines is 1. The molecule has 0 unspecified atom stereocenters. The van der Waals surface area contributed by atoms with E-state index >= 15 is 0 Å². The number of nitrogens with one attached hydrogen (secondary N) is 2. The zero-order valence-corrected chi connectivity index (χ0v) is 12.8. The van der Waals surface area contributed by atoms with Gasteiger partial charge in [0, 0.05) is 18.5 Å². The van der Waals surface area contributed by atoms with Crippen molar-refractivity contribution in [1.82, 2.24) is 10.3 Å². The number of halogens is 1.